The summed E-state index contributed by atoms with van der Waals surface area (Å²) in [6.45, 7) is 3.19. The van der Waals surface area contributed by atoms with Gasteiger partial charge in [0.15, 0.2) is 0 Å². The van der Waals surface area contributed by atoms with Crippen molar-refractivity contribution in [2.75, 3.05) is 26.7 Å². The van der Waals surface area contributed by atoms with Crippen LogP contribution in [0.25, 0.3) is 0 Å². The molecule has 2 rings (SSSR count). The van der Waals surface area contributed by atoms with Gasteiger partial charge in [-0.25, -0.2) is 4.39 Å². The highest BCUT2D eigenvalue weighted by atomic mass is 19.1. The Kier molecular flexibility index (Phi) is 3.91. The lowest BCUT2D eigenvalue weighted by Gasteiger charge is -2.23. The molecule has 0 aliphatic carbocycles. The van der Waals surface area contributed by atoms with Crippen molar-refractivity contribution < 1.29 is 4.39 Å². The molecule has 2 nitrogen and oxygen atoms in total. The van der Waals surface area contributed by atoms with Crippen molar-refractivity contribution in [3.63, 3.8) is 0 Å². The molecule has 88 valence electrons. The highest BCUT2D eigenvalue weighted by Crippen LogP contribution is 2.19. The summed E-state index contributed by atoms with van der Waals surface area (Å²) in [5.74, 6) is -0.110. The van der Waals surface area contributed by atoms with Crippen LogP contribution in [0.4, 0.5) is 4.39 Å². The zero-order valence-corrected chi connectivity index (χ0v) is 9.75. The monoisotopic (exact) mass is 222 g/mol. The van der Waals surface area contributed by atoms with Crippen LogP contribution in [0.15, 0.2) is 24.3 Å². The Labute approximate surface area is 96.5 Å². The summed E-state index contributed by atoms with van der Waals surface area (Å²) in [5, 5.41) is 3.20. The normalized spacial score (nSPS) is 18.9. The van der Waals surface area contributed by atoms with Crippen LogP contribution in [0, 0.1) is 5.82 Å². The fraction of sp³-hybridized carbons (Fsp3) is 0.538. The van der Waals surface area contributed by atoms with E-state index >= 15 is 0 Å². The maximum Gasteiger partial charge on any atom is 0.128 e. The molecule has 0 aromatic heterocycles. The standard InChI is InChI=1S/C13H19FN2/c1-15-13(10-16-8-4-5-9-16)11-6-2-3-7-12(11)14/h2-3,6-7,13,15H,4-5,8-10H2,1H3. The third kappa shape index (κ3) is 2.60. The number of rotatable bonds is 4. The van der Waals surface area contributed by atoms with E-state index in [2.05, 4.69) is 10.2 Å². The smallest absolute Gasteiger partial charge is 0.128 e. The van der Waals surface area contributed by atoms with E-state index in [-0.39, 0.29) is 11.9 Å². The van der Waals surface area contributed by atoms with Crippen LogP contribution < -0.4 is 5.32 Å². The van der Waals surface area contributed by atoms with Gasteiger partial charge in [0.25, 0.3) is 0 Å². The number of hydrogen-bond acceptors (Lipinski definition) is 2. The van der Waals surface area contributed by atoms with Crippen molar-refractivity contribution in [1.29, 1.82) is 0 Å². The van der Waals surface area contributed by atoms with Gasteiger partial charge in [0.05, 0.1) is 0 Å². The Balaban J connectivity index is 2.06. The zero-order chi connectivity index (χ0) is 11.4. The second kappa shape index (κ2) is 5.41. The van der Waals surface area contributed by atoms with E-state index in [4.69, 9.17) is 0 Å². The molecule has 0 amide bonds. The van der Waals surface area contributed by atoms with Gasteiger partial charge in [-0.05, 0) is 39.0 Å². The Bertz CT molecular complexity index is 334. The highest BCUT2D eigenvalue weighted by Gasteiger charge is 2.19. The molecule has 1 atom stereocenters. The van der Waals surface area contributed by atoms with Crippen LogP contribution in [-0.2, 0) is 0 Å². The van der Waals surface area contributed by atoms with Gasteiger partial charge in [-0.2, -0.15) is 0 Å². The van der Waals surface area contributed by atoms with Crippen LogP contribution in [0.2, 0.25) is 0 Å². The molecular weight excluding hydrogens is 203 g/mol. The SMILES string of the molecule is CNC(CN1CCCC1)c1ccccc1F. The first-order chi connectivity index (χ1) is 7.81. The van der Waals surface area contributed by atoms with Crippen LogP contribution in [0.1, 0.15) is 24.4 Å². The average molecular weight is 222 g/mol. The summed E-state index contributed by atoms with van der Waals surface area (Å²) in [6, 6.07) is 7.13. The quantitative estimate of drug-likeness (QED) is 0.840. The Morgan fingerprint density at radius 3 is 2.62 bits per heavy atom. The molecule has 16 heavy (non-hydrogen) atoms. The molecule has 1 fully saturated rings. The topological polar surface area (TPSA) is 15.3 Å². The van der Waals surface area contributed by atoms with E-state index in [1.54, 1.807) is 6.07 Å². The van der Waals surface area contributed by atoms with Crippen LogP contribution >= 0.6 is 0 Å². The number of likely N-dealkylation sites (tertiary alicyclic amines) is 1. The minimum Gasteiger partial charge on any atom is -0.312 e. The largest absolute Gasteiger partial charge is 0.312 e. The van der Waals surface area contributed by atoms with Crippen LogP contribution in [0.3, 0.4) is 0 Å². The Hall–Kier alpha value is -0.930. The zero-order valence-electron chi connectivity index (χ0n) is 9.75. The summed E-state index contributed by atoms with van der Waals surface area (Å²) < 4.78 is 13.6. The molecule has 1 aromatic rings. The second-order valence-corrected chi connectivity index (χ2v) is 4.37. The van der Waals surface area contributed by atoms with E-state index < -0.39 is 0 Å². The summed E-state index contributed by atoms with van der Waals surface area (Å²) in [4.78, 5) is 2.40. The van der Waals surface area contributed by atoms with E-state index in [0.717, 1.165) is 25.2 Å². The Morgan fingerprint density at radius 1 is 1.31 bits per heavy atom. The van der Waals surface area contributed by atoms with Crippen molar-refractivity contribution in [2.45, 2.75) is 18.9 Å². The molecule has 3 heteroatoms. The number of hydrogen-bond donors (Lipinski definition) is 1. The summed E-state index contributed by atoms with van der Waals surface area (Å²) in [6.07, 6.45) is 2.54. The molecule has 1 aromatic carbocycles. The summed E-state index contributed by atoms with van der Waals surface area (Å²) >= 11 is 0. The van der Waals surface area contributed by atoms with Crippen LogP contribution in [0.5, 0.6) is 0 Å². The number of nitrogens with one attached hydrogen (secondary N) is 1. The molecule has 0 bridgehead atoms. The predicted molar refractivity (Wildman–Crippen MR) is 63.9 cm³/mol. The van der Waals surface area contributed by atoms with Gasteiger partial charge in [-0.3, -0.25) is 0 Å². The van der Waals surface area contributed by atoms with Crippen molar-refractivity contribution in [2.24, 2.45) is 0 Å². The van der Waals surface area contributed by atoms with Gasteiger partial charge >= 0.3 is 0 Å². The maximum absolute atomic E-state index is 13.6. The van der Waals surface area contributed by atoms with Crippen molar-refractivity contribution in [3.05, 3.63) is 35.6 Å². The second-order valence-electron chi connectivity index (χ2n) is 4.37. The first kappa shape index (κ1) is 11.6. The summed E-state index contributed by atoms with van der Waals surface area (Å²) in [5.41, 5.74) is 0.775. The number of benzene rings is 1. The van der Waals surface area contributed by atoms with Gasteiger partial charge in [0.2, 0.25) is 0 Å². The van der Waals surface area contributed by atoms with Gasteiger partial charge in [0.1, 0.15) is 5.82 Å². The number of likely N-dealkylation sites (N-methyl/N-ethyl adjacent to an activating group) is 1. The lowest BCUT2D eigenvalue weighted by atomic mass is 10.1. The molecular formula is C13H19FN2. The fourth-order valence-corrected chi connectivity index (χ4v) is 2.33. The molecule has 1 saturated heterocycles. The van der Waals surface area contributed by atoms with E-state index in [1.807, 2.05) is 19.2 Å². The first-order valence-electron chi connectivity index (χ1n) is 5.95. The molecule has 0 saturated carbocycles. The van der Waals surface area contributed by atoms with Crippen molar-refractivity contribution in [3.8, 4) is 0 Å². The molecule has 0 spiro atoms. The van der Waals surface area contributed by atoms with Gasteiger partial charge in [0, 0.05) is 18.2 Å². The van der Waals surface area contributed by atoms with Crippen molar-refractivity contribution in [1.82, 2.24) is 10.2 Å². The Morgan fingerprint density at radius 2 is 2.00 bits per heavy atom. The molecule has 1 heterocycles. The van der Waals surface area contributed by atoms with Gasteiger partial charge in [-0.15, -0.1) is 0 Å². The third-order valence-corrected chi connectivity index (χ3v) is 3.27. The fourth-order valence-electron chi connectivity index (χ4n) is 2.33. The molecule has 1 aliphatic rings. The molecule has 0 radical (unpaired) electrons. The molecule has 1 N–H and O–H groups in total. The minimum absolute atomic E-state index is 0.0966. The number of nitrogens with zero attached hydrogens (tertiary/aromatic N) is 1. The average Bonchev–Trinajstić information content (AvgIpc) is 2.80. The lowest BCUT2D eigenvalue weighted by molar-refractivity contribution is 0.296. The molecule has 1 unspecified atom stereocenters. The minimum atomic E-state index is -0.110. The van der Waals surface area contributed by atoms with Gasteiger partial charge < -0.3 is 10.2 Å². The highest BCUT2D eigenvalue weighted by molar-refractivity contribution is 5.21. The van der Waals surface area contributed by atoms with Crippen molar-refractivity contribution >= 4 is 0 Å². The summed E-state index contributed by atoms with van der Waals surface area (Å²) in [7, 11) is 1.90. The maximum atomic E-state index is 13.6. The lowest BCUT2D eigenvalue weighted by Crippen LogP contribution is -2.32. The third-order valence-electron chi connectivity index (χ3n) is 3.27. The first-order valence-corrected chi connectivity index (χ1v) is 5.95. The predicted octanol–water partition coefficient (Wildman–Crippen LogP) is 2.18. The van der Waals surface area contributed by atoms with Gasteiger partial charge in [-0.1, -0.05) is 18.2 Å². The van der Waals surface area contributed by atoms with E-state index in [0.29, 0.717) is 0 Å². The van der Waals surface area contributed by atoms with Crippen LogP contribution in [-0.4, -0.2) is 31.6 Å². The van der Waals surface area contributed by atoms with E-state index in [1.165, 1.54) is 18.9 Å². The molecule has 1 aliphatic heterocycles. The van der Waals surface area contributed by atoms with E-state index in [9.17, 15) is 4.39 Å². The number of halogens is 1.